The molecule has 0 radical (unpaired) electrons. The Kier molecular flexibility index (Phi) is 4.32. The number of hydrogen-bond acceptors (Lipinski definition) is 3. The van der Waals surface area contributed by atoms with E-state index >= 15 is 0 Å². The number of rotatable bonds is 2. The Bertz CT molecular complexity index is 346. The highest BCUT2D eigenvalue weighted by atomic mass is 16.5. The third kappa shape index (κ3) is 2.86. The predicted octanol–water partition coefficient (Wildman–Crippen LogP) is 2.81. The zero-order valence-corrected chi connectivity index (χ0v) is 12.4. The summed E-state index contributed by atoms with van der Waals surface area (Å²) in [5.41, 5.74) is 0.0711. The first-order valence-corrected chi connectivity index (χ1v) is 8.33. The van der Waals surface area contributed by atoms with Crippen LogP contribution in [0, 0.1) is 0 Å². The molecule has 3 fully saturated rings. The van der Waals surface area contributed by atoms with E-state index in [0.29, 0.717) is 6.04 Å². The highest BCUT2D eigenvalue weighted by Gasteiger charge is 2.43. The van der Waals surface area contributed by atoms with Crippen LogP contribution in [0.3, 0.4) is 0 Å². The topological polar surface area (TPSA) is 49.8 Å². The van der Waals surface area contributed by atoms with Crippen LogP contribution in [0.25, 0.3) is 0 Å². The number of nitrogens with zero attached hydrogens (tertiary/aromatic N) is 1. The monoisotopic (exact) mass is 281 g/mol. The molecule has 1 saturated carbocycles. The van der Waals surface area contributed by atoms with E-state index in [9.17, 15) is 9.90 Å². The smallest absolute Gasteiger partial charge is 0.320 e. The van der Waals surface area contributed by atoms with Crippen LogP contribution in [0.5, 0.6) is 0 Å². The van der Waals surface area contributed by atoms with Gasteiger partial charge in [-0.05, 0) is 45.1 Å². The van der Waals surface area contributed by atoms with Crippen LogP contribution >= 0.6 is 0 Å². The summed E-state index contributed by atoms with van der Waals surface area (Å²) in [6, 6.07) is 0.163. The molecule has 1 spiro atoms. The van der Waals surface area contributed by atoms with Gasteiger partial charge < -0.3 is 9.84 Å². The number of carbonyl (C=O) groups is 1. The third-order valence-electron chi connectivity index (χ3n) is 5.53. The first-order valence-electron chi connectivity index (χ1n) is 8.33. The highest BCUT2D eigenvalue weighted by molar-refractivity contribution is 5.73. The molecule has 0 aromatic carbocycles. The van der Waals surface area contributed by atoms with E-state index in [0.717, 1.165) is 45.3 Å². The van der Waals surface area contributed by atoms with Crippen LogP contribution in [0.4, 0.5) is 0 Å². The second-order valence-corrected chi connectivity index (χ2v) is 6.83. The molecule has 0 aromatic rings. The van der Waals surface area contributed by atoms with Crippen LogP contribution in [-0.2, 0) is 9.53 Å². The molecule has 4 nitrogen and oxygen atoms in total. The summed E-state index contributed by atoms with van der Waals surface area (Å²) in [6.45, 7) is 1.77. The van der Waals surface area contributed by atoms with Gasteiger partial charge in [0.1, 0.15) is 6.04 Å². The zero-order valence-electron chi connectivity index (χ0n) is 12.4. The maximum absolute atomic E-state index is 11.5. The standard InChI is InChI=1S/C16H27NO3/c18-15(19)14-6-2-5-10-17(14)13-7-11-20-16(12-13)8-3-1-4-9-16/h13-14H,1-12H2,(H,18,19). The van der Waals surface area contributed by atoms with Gasteiger partial charge in [-0.2, -0.15) is 0 Å². The van der Waals surface area contributed by atoms with Crippen LogP contribution in [0.15, 0.2) is 0 Å². The van der Waals surface area contributed by atoms with Crippen molar-refractivity contribution in [3.05, 3.63) is 0 Å². The SMILES string of the molecule is O=C(O)C1CCCCN1C1CCOC2(CCCCC2)C1. The number of aliphatic carboxylic acids is 1. The average molecular weight is 281 g/mol. The van der Waals surface area contributed by atoms with Crippen molar-refractivity contribution < 1.29 is 14.6 Å². The summed E-state index contributed by atoms with van der Waals surface area (Å²) in [5.74, 6) is -0.631. The largest absolute Gasteiger partial charge is 0.480 e. The lowest BCUT2D eigenvalue weighted by atomic mass is 9.77. The molecule has 3 rings (SSSR count). The van der Waals surface area contributed by atoms with Crippen molar-refractivity contribution >= 4 is 5.97 Å². The molecule has 4 heteroatoms. The molecule has 0 bridgehead atoms. The van der Waals surface area contributed by atoms with E-state index in [1.807, 2.05) is 0 Å². The predicted molar refractivity (Wildman–Crippen MR) is 76.8 cm³/mol. The van der Waals surface area contributed by atoms with Crippen molar-refractivity contribution in [2.24, 2.45) is 0 Å². The Labute approximate surface area is 121 Å². The van der Waals surface area contributed by atoms with E-state index in [1.54, 1.807) is 0 Å². The van der Waals surface area contributed by atoms with Crippen molar-refractivity contribution in [1.29, 1.82) is 0 Å². The summed E-state index contributed by atoms with van der Waals surface area (Å²) in [7, 11) is 0. The summed E-state index contributed by atoms with van der Waals surface area (Å²) in [6.07, 6.45) is 11.3. The van der Waals surface area contributed by atoms with Gasteiger partial charge in [-0.25, -0.2) is 0 Å². The van der Waals surface area contributed by atoms with Crippen molar-refractivity contribution in [2.75, 3.05) is 13.2 Å². The van der Waals surface area contributed by atoms with Crippen molar-refractivity contribution in [1.82, 2.24) is 4.90 Å². The van der Waals surface area contributed by atoms with Crippen LogP contribution in [0.1, 0.15) is 64.2 Å². The first kappa shape index (κ1) is 14.3. The first-order chi connectivity index (χ1) is 9.70. The number of carboxylic acid groups (broad SMARTS) is 1. The van der Waals surface area contributed by atoms with Crippen LogP contribution in [-0.4, -0.2) is 46.8 Å². The molecule has 2 atom stereocenters. The van der Waals surface area contributed by atoms with E-state index in [4.69, 9.17) is 4.74 Å². The minimum atomic E-state index is -0.631. The summed E-state index contributed by atoms with van der Waals surface area (Å²) >= 11 is 0. The summed E-state index contributed by atoms with van der Waals surface area (Å²) in [5, 5.41) is 9.47. The van der Waals surface area contributed by atoms with Gasteiger partial charge in [0, 0.05) is 12.6 Å². The van der Waals surface area contributed by atoms with Crippen molar-refractivity contribution in [3.63, 3.8) is 0 Å². The number of hydrogen-bond donors (Lipinski definition) is 1. The lowest BCUT2D eigenvalue weighted by molar-refractivity contribution is -0.154. The van der Waals surface area contributed by atoms with E-state index in [-0.39, 0.29) is 11.6 Å². The quantitative estimate of drug-likeness (QED) is 0.845. The Hall–Kier alpha value is -0.610. The van der Waals surface area contributed by atoms with Crippen molar-refractivity contribution in [3.8, 4) is 0 Å². The minimum absolute atomic E-state index is 0.0711. The molecule has 20 heavy (non-hydrogen) atoms. The molecular weight excluding hydrogens is 254 g/mol. The Morgan fingerprint density at radius 2 is 1.90 bits per heavy atom. The minimum Gasteiger partial charge on any atom is -0.480 e. The number of likely N-dealkylation sites (tertiary alicyclic amines) is 1. The molecule has 1 aliphatic carbocycles. The average Bonchev–Trinajstić information content (AvgIpc) is 2.48. The lowest BCUT2D eigenvalue weighted by Gasteiger charge is -2.48. The molecule has 2 saturated heterocycles. The summed E-state index contributed by atoms with van der Waals surface area (Å²) in [4.78, 5) is 13.8. The second-order valence-electron chi connectivity index (χ2n) is 6.83. The highest BCUT2D eigenvalue weighted by Crippen LogP contribution is 2.40. The number of piperidine rings is 1. The number of ether oxygens (including phenoxy) is 1. The molecule has 0 amide bonds. The fraction of sp³-hybridized carbons (Fsp3) is 0.938. The molecule has 2 aliphatic heterocycles. The van der Waals surface area contributed by atoms with Gasteiger partial charge >= 0.3 is 5.97 Å². The van der Waals surface area contributed by atoms with Gasteiger partial charge in [-0.3, -0.25) is 9.69 Å². The Morgan fingerprint density at radius 3 is 2.65 bits per heavy atom. The van der Waals surface area contributed by atoms with Crippen molar-refractivity contribution in [2.45, 2.75) is 81.9 Å². The maximum atomic E-state index is 11.5. The molecule has 2 heterocycles. The van der Waals surface area contributed by atoms with Gasteiger partial charge in [0.15, 0.2) is 0 Å². The van der Waals surface area contributed by atoms with Crippen LogP contribution < -0.4 is 0 Å². The molecule has 2 unspecified atom stereocenters. The van der Waals surface area contributed by atoms with E-state index in [2.05, 4.69) is 4.90 Å². The van der Waals surface area contributed by atoms with Gasteiger partial charge in [0.25, 0.3) is 0 Å². The Morgan fingerprint density at radius 1 is 1.10 bits per heavy atom. The third-order valence-corrected chi connectivity index (χ3v) is 5.53. The fourth-order valence-corrected chi connectivity index (χ4v) is 4.49. The van der Waals surface area contributed by atoms with Crippen LogP contribution in [0.2, 0.25) is 0 Å². The molecule has 1 N–H and O–H groups in total. The normalized spacial score (nSPS) is 35.0. The number of carboxylic acids is 1. The van der Waals surface area contributed by atoms with Gasteiger partial charge in [-0.15, -0.1) is 0 Å². The van der Waals surface area contributed by atoms with E-state index < -0.39 is 5.97 Å². The Balaban J connectivity index is 1.70. The molecular formula is C16H27NO3. The van der Waals surface area contributed by atoms with E-state index in [1.165, 1.54) is 32.1 Å². The maximum Gasteiger partial charge on any atom is 0.320 e. The molecule has 0 aromatic heterocycles. The summed E-state index contributed by atoms with van der Waals surface area (Å²) < 4.78 is 6.15. The lowest BCUT2D eigenvalue weighted by Crippen LogP contribution is -2.55. The van der Waals surface area contributed by atoms with Gasteiger partial charge in [0.05, 0.1) is 5.60 Å². The fourth-order valence-electron chi connectivity index (χ4n) is 4.49. The zero-order chi connectivity index (χ0) is 14.0. The molecule has 114 valence electrons. The molecule has 3 aliphatic rings. The van der Waals surface area contributed by atoms with Gasteiger partial charge in [0.2, 0.25) is 0 Å². The van der Waals surface area contributed by atoms with Gasteiger partial charge in [-0.1, -0.05) is 25.7 Å². The second kappa shape index (κ2) is 6.02.